The summed E-state index contributed by atoms with van der Waals surface area (Å²) in [6.45, 7) is 0.214. The van der Waals surface area contributed by atoms with E-state index in [0.717, 1.165) is 5.69 Å². The fourth-order valence-electron chi connectivity index (χ4n) is 1.63. The molecule has 2 heterocycles. The topological polar surface area (TPSA) is 93.6 Å². The molecule has 0 amide bonds. The van der Waals surface area contributed by atoms with Crippen LogP contribution >= 0.6 is 0 Å². The molecule has 3 rings (SSSR count). The number of nitrogens with zero attached hydrogens (tertiary/aromatic N) is 2. The van der Waals surface area contributed by atoms with E-state index in [9.17, 15) is 4.79 Å². The van der Waals surface area contributed by atoms with Gasteiger partial charge in [-0.05, 0) is 12.1 Å². The molecule has 1 aromatic carbocycles. The molecule has 1 aliphatic rings. The zero-order valence-electron chi connectivity index (χ0n) is 9.66. The molecule has 7 heteroatoms. The van der Waals surface area contributed by atoms with Crippen molar-refractivity contribution >= 4 is 17.5 Å². The lowest BCUT2D eigenvalue weighted by Crippen LogP contribution is -2.02. The first-order chi connectivity index (χ1) is 9.22. The van der Waals surface area contributed by atoms with Crippen LogP contribution in [0, 0.1) is 0 Å². The Morgan fingerprint density at radius 2 is 2.05 bits per heavy atom. The second-order valence-electron chi connectivity index (χ2n) is 3.79. The van der Waals surface area contributed by atoms with E-state index in [4.69, 9.17) is 14.6 Å². The third-order valence-corrected chi connectivity index (χ3v) is 2.52. The van der Waals surface area contributed by atoms with Gasteiger partial charge < -0.3 is 19.9 Å². The monoisotopic (exact) mass is 259 g/mol. The van der Waals surface area contributed by atoms with Crippen LogP contribution < -0.4 is 14.8 Å². The maximum atomic E-state index is 10.6. The lowest BCUT2D eigenvalue weighted by Gasteiger charge is -2.06. The normalized spacial score (nSPS) is 12.2. The van der Waals surface area contributed by atoms with E-state index < -0.39 is 5.97 Å². The summed E-state index contributed by atoms with van der Waals surface area (Å²) in [6.07, 6.45) is 2.55. The Labute approximate surface area is 107 Å². The molecule has 0 saturated heterocycles. The van der Waals surface area contributed by atoms with Gasteiger partial charge in [-0.2, -0.15) is 0 Å². The van der Waals surface area contributed by atoms with Crippen molar-refractivity contribution in [3.63, 3.8) is 0 Å². The molecule has 96 valence electrons. The third kappa shape index (κ3) is 2.25. The van der Waals surface area contributed by atoms with E-state index in [1.807, 2.05) is 0 Å². The van der Waals surface area contributed by atoms with Crippen LogP contribution in [0.15, 0.2) is 30.6 Å². The van der Waals surface area contributed by atoms with Crippen LogP contribution in [-0.2, 0) is 0 Å². The lowest BCUT2D eigenvalue weighted by molar-refractivity contribution is 0.0690. The van der Waals surface area contributed by atoms with Gasteiger partial charge in [0.25, 0.3) is 0 Å². The van der Waals surface area contributed by atoms with Gasteiger partial charge in [0.1, 0.15) is 5.82 Å². The van der Waals surface area contributed by atoms with Crippen LogP contribution in [0.4, 0.5) is 11.5 Å². The first-order valence-corrected chi connectivity index (χ1v) is 5.44. The van der Waals surface area contributed by atoms with Crippen molar-refractivity contribution in [3.05, 3.63) is 36.3 Å². The molecule has 0 fully saturated rings. The molecule has 19 heavy (non-hydrogen) atoms. The van der Waals surface area contributed by atoms with Gasteiger partial charge in [0.15, 0.2) is 17.2 Å². The van der Waals surface area contributed by atoms with Crippen LogP contribution in [0.3, 0.4) is 0 Å². The Hall–Kier alpha value is -2.83. The van der Waals surface area contributed by atoms with Crippen molar-refractivity contribution < 1.29 is 19.4 Å². The number of hydrogen-bond donors (Lipinski definition) is 2. The molecule has 0 saturated carbocycles. The van der Waals surface area contributed by atoms with Gasteiger partial charge in [-0.3, -0.25) is 0 Å². The smallest absolute Gasteiger partial charge is 0.356 e. The lowest BCUT2D eigenvalue weighted by atomic mass is 10.3. The molecular weight excluding hydrogens is 250 g/mol. The summed E-state index contributed by atoms with van der Waals surface area (Å²) in [5.74, 6) is 0.684. The summed E-state index contributed by atoms with van der Waals surface area (Å²) in [6, 6.07) is 5.36. The van der Waals surface area contributed by atoms with Crippen LogP contribution in [0.5, 0.6) is 11.5 Å². The second kappa shape index (κ2) is 4.45. The molecule has 0 radical (unpaired) electrons. The second-order valence-corrected chi connectivity index (χ2v) is 3.79. The molecule has 0 spiro atoms. The minimum absolute atomic E-state index is 0.101. The number of fused-ring (bicyclic) bond motifs is 1. The standard InChI is InChI=1S/C12H9N3O4/c16-12(17)8-4-14-11(5-13-8)15-7-1-2-9-10(3-7)19-6-18-9/h1-5H,6H2,(H,14,15)(H,16,17). The summed E-state index contributed by atoms with van der Waals surface area (Å²) in [5, 5.41) is 11.7. The van der Waals surface area contributed by atoms with Crippen molar-refractivity contribution in [2.75, 3.05) is 12.1 Å². The average molecular weight is 259 g/mol. The van der Waals surface area contributed by atoms with E-state index in [0.29, 0.717) is 17.3 Å². The number of aromatic nitrogens is 2. The maximum Gasteiger partial charge on any atom is 0.356 e. The van der Waals surface area contributed by atoms with Crippen LogP contribution in [-0.4, -0.2) is 27.8 Å². The van der Waals surface area contributed by atoms with Gasteiger partial charge in [0, 0.05) is 11.8 Å². The first kappa shape index (κ1) is 11.3. The highest BCUT2D eigenvalue weighted by molar-refractivity contribution is 5.85. The molecular formula is C12H9N3O4. The van der Waals surface area contributed by atoms with E-state index >= 15 is 0 Å². The Morgan fingerprint density at radius 3 is 2.79 bits per heavy atom. The zero-order chi connectivity index (χ0) is 13.2. The number of ether oxygens (including phenoxy) is 2. The van der Waals surface area contributed by atoms with Gasteiger partial charge in [0.2, 0.25) is 6.79 Å². The maximum absolute atomic E-state index is 10.6. The summed E-state index contributed by atoms with van der Waals surface area (Å²) in [4.78, 5) is 18.4. The summed E-state index contributed by atoms with van der Waals surface area (Å²) >= 11 is 0. The molecule has 2 aromatic rings. The van der Waals surface area contributed by atoms with E-state index in [2.05, 4.69) is 15.3 Å². The van der Waals surface area contributed by atoms with Crippen molar-refractivity contribution in [3.8, 4) is 11.5 Å². The summed E-state index contributed by atoms with van der Waals surface area (Å²) in [5.41, 5.74) is 0.651. The van der Waals surface area contributed by atoms with Crippen molar-refractivity contribution in [2.45, 2.75) is 0 Å². The van der Waals surface area contributed by atoms with E-state index in [1.54, 1.807) is 18.2 Å². The predicted octanol–water partition coefficient (Wildman–Crippen LogP) is 1.65. The minimum atomic E-state index is -1.11. The number of nitrogens with one attached hydrogen (secondary N) is 1. The molecule has 1 aromatic heterocycles. The highest BCUT2D eigenvalue weighted by Crippen LogP contribution is 2.34. The average Bonchev–Trinajstić information content (AvgIpc) is 2.87. The number of carbonyl (C=O) groups is 1. The summed E-state index contributed by atoms with van der Waals surface area (Å²) in [7, 11) is 0. The predicted molar refractivity (Wildman–Crippen MR) is 64.8 cm³/mol. The molecule has 7 nitrogen and oxygen atoms in total. The molecule has 0 bridgehead atoms. The molecule has 2 N–H and O–H groups in total. The fraction of sp³-hybridized carbons (Fsp3) is 0.0833. The fourth-order valence-corrected chi connectivity index (χ4v) is 1.63. The Balaban J connectivity index is 1.79. The zero-order valence-corrected chi connectivity index (χ0v) is 9.66. The molecule has 0 atom stereocenters. The summed E-state index contributed by atoms with van der Waals surface area (Å²) < 4.78 is 10.5. The number of carboxylic acids is 1. The van der Waals surface area contributed by atoms with Crippen molar-refractivity contribution in [2.24, 2.45) is 0 Å². The SMILES string of the molecule is O=C(O)c1cnc(Nc2ccc3c(c2)OCO3)cn1. The van der Waals surface area contributed by atoms with Crippen molar-refractivity contribution in [1.82, 2.24) is 9.97 Å². The van der Waals surface area contributed by atoms with Crippen molar-refractivity contribution in [1.29, 1.82) is 0 Å². The Morgan fingerprint density at radius 1 is 1.21 bits per heavy atom. The van der Waals surface area contributed by atoms with Crippen LogP contribution in [0.25, 0.3) is 0 Å². The number of anilines is 2. The molecule has 0 aliphatic carbocycles. The number of benzene rings is 1. The Bertz CT molecular complexity index is 627. The number of hydrogen-bond acceptors (Lipinski definition) is 6. The van der Waals surface area contributed by atoms with Crippen LogP contribution in [0.1, 0.15) is 10.5 Å². The van der Waals surface area contributed by atoms with Gasteiger partial charge >= 0.3 is 5.97 Å². The third-order valence-electron chi connectivity index (χ3n) is 2.52. The number of aromatic carboxylic acids is 1. The molecule has 1 aliphatic heterocycles. The minimum Gasteiger partial charge on any atom is -0.476 e. The van der Waals surface area contributed by atoms with E-state index in [-0.39, 0.29) is 12.5 Å². The number of carboxylic acid groups (broad SMARTS) is 1. The number of rotatable bonds is 3. The van der Waals surface area contributed by atoms with E-state index in [1.165, 1.54) is 12.4 Å². The Kier molecular flexibility index (Phi) is 2.64. The highest BCUT2D eigenvalue weighted by atomic mass is 16.7. The molecule has 0 unspecified atom stereocenters. The first-order valence-electron chi connectivity index (χ1n) is 5.44. The van der Waals surface area contributed by atoms with Gasteiger partial charge in [-0.15, -0.1) is 0 Å². The van der Waals surface area contributed by atoms with Gasteiger partial charge in [-0.25, -0.2) is 14.8 Å². The highest BCUT2D eigenvalue weighted by Gasteiger charge is 2.13. The largest absolute Gasteiger partial charge is 0.476 e. The quantitative estimate of drug-likeness (QED) is 0.865. The van der Waals surface area contributed by atoms with Gasteiger partial charge in [0.05, 0.1) is 12.4 Å². The van der Waals surface area contributed by atoms with Gasteiger partial charge in [-0.1, -0.05) is 0 Å². The van der Waals surface area contributed by atoms with Crippen LogP contribution in [0.2, 0.25) is 0 Å².